The lowest BCUT2D eigenvalue weighted by atomic mass is 10.1. The van der Waals surface area contributed by atoms with Crippen LogP contribution >= 0.6 is 0 Å². The van der Waals surface area contributed by atoms with Crippen molar-refractivity contribution in [1.29, 1.82) is 5.26 Å². The quantitative estimate of drug-likeness (QED) is 0.865. The first kappa shape index (κ1) is 16.4. The van der Waals surface area contributed by atoms with Crippen LogP contribution in [0.15, 0.2) is 30.3 Å². The molecule has 1 aliphatic rings. The molecule has 2 heterocycles. The molecule has 0 radical (unpaired) electrons. The topological polar surface area (TPSA) is 56.1 Å². The second-order valence-corrected chi connectivity index (χ2v) is 6.29. The molecule has 0 spiro atoms. The minimum absolute atomic E-state index is 0.667. The summed E-state index contributed by atoms with van der Waals surface area (Å²) in [6.07, 6.45) is 1.08. The Morgan fingerprint density at radius 2 is 1.75 bits per heavy atom. The molecule has 1 aliphatic heterocycles. The molecule has 0 N–H and O–H groups in total. The summed E-state index contributed by atoms with van der Waals surface area (Å²) in [5.41, 5.74) is 3.82. The Bertz CT molecular complexity index is 727. The minimum atomic E-state index is 0.667. The summed E-state index contributed by atoms with van der Waals surface area (Å²) < 4.78 is 0. The molecule has 0 saturated carbocycles. The van der Waals surface area contributed by atoms with Gasteiger partial charge in [-0.3, -0.25) is 4.90 Å². The maximum atomic E-state index is 9.46. The highest BCUT2D eigenvalue weighted by molar-refractivity contribution is 5.57. The summed E-state index contributed by atoms with van der Waals surface area (Å²) in [4.78, 5) is 4.67. The number of aromatic nitrogens is 2. The molecule has 1 aromatic heterocycles. The van der Waals surface area contributed by atoms with Crippen molar-refractivity contribution in [1.82, 2.24) is 15.1 Å². The lowest BCUT2D eigenvalue weighted by Gasteiger charge is -2.35. The number of rotatable bonds is 4. The fraction of sp³-hybridized carbons (Fsp3) is 0.421. The molecular weight excluding hydrogens is 298 g/mol. The van der Waals surface area contributed by atoms with Crippen molar-refractivity contribution in [2.24, 2.45) is 0 Å². The van der Waals surface area contributed by atoms with Gasteiger partial charge in [0.1, 0.15) is 11.6 Å². The highest BCUT2D eigenvalue weighted by Gasteiger charge is 2.22. The SMILES string of the molecule is Cc1nnc(N2CCN(CCc3ccccc3)CC2)c(C#N)c1C. The molecule has 1 fully saturated rings. The minimum Gasteiger partial charge on any atom is -0.351 e. The highest BCUT2D eigenvalue weighted by Crippen LogP contribution is 2.22. The molecule has 24 heavy (non-hydrogen) atoms. The maximum Gasteiger partial charge on any atom is 0.169 e. The van der Waals surface area contributed by atoms with Crippen molar-refractivity contribution in [3.8, 4) is 6.07 Å². The van der Waals surface area contributed by atoms with E-state index in [1.54, 1.807) is 0 Å². The zero-order chi connectivity index (χ0) is 16.9. The van der Waals surface area contributed by atoms with Gasteiger partial charge in [0.05, 0.1) is 5.69 Å². The van der Waals surface area contributed by atoms with Gasteiger partial charge in [-0.1, -0.05) is 30.3 Å². The molecule has 0 amide bonds. The van der Waals surface area contributed by atoms with Crippen LogP contribution in [0.2, 0.25) is 0 Å². The Kier molecular flexibility index (Phi) is 5.07. The monoisotopic (exact) mass is 321 g/mol. The normalized spacial score (nSPS) is 15.3. The van der Waals surface area contributed by atoms with Crippen molar-refractivity contribution in [3.05, 3.63) is 52.7 Å². The van der Waals surface area contributed by atoms with E-state index < -0.39 is 0 Å². The second kappa shape index (κ2) is 7.41. The van der Waals surface area contributed by atoms with E-state index in [1.165, 1.54) is 5.56 Å². The number of benzene rings is 1. The molecule has 0 unspecified atom stereocenters. The third-order valence-corrected chi connectivity index (χ3v) is 4.78. The lowest BCUT2D eigenvalue weighted by Crippen LogP contribution is -2.47. The highest BCUT2D eigenvalue weighted by atomic mass is 15.3. The van der Waals surface area contributed by atoms with Crippen LogP contribution in [0.25, 0.3) is 0 Å². The zero-order valence-corrected chi connectivity index (χ0v) is 14.4. The van der Waals surface area contributed by atoms with E-state index in [9.17, 15) is 5.26 Å². The van der Waals surface area contributed by atoms with Crippen molar-refractivity contribution in [2.75, 3.05) is 37.6 Å². The Morgan fingerprint density at radius 3 is 2.42 bits per heavy atom. The van der Waals surface area contributed by atoms with E-state index in [0.29, 0.717) is 5.56 Å². The number of piperazine rings is 1. The number of anilines is 1. The Hall–Kier alpha value is -2.45. The summed E-state index contributed by atoms with van der Waals surface area (Å²) in [5, 5.41) is 17.9. The van der Waals surface area contributed by atoms with Crippen LogP contribution in [0.5, 0.6) is 0 Å². The summed E-state index contributed by atoms with van der Waals surface area (Å²) >= 11 is 0. The molecule has 1 saturated heterocycles. The number of hydrogen-bond acceptors (Lipinski definition) is 5. The van der Waals surface area contributed by atoms with Crippen molar-refractivity contribution in [3.63, 3.8) is 0 Å². The van der Waals surface area contributed by atoms with Crippen molar-refractivity contribution >= 4 is 5.82 Å². The molecule has 0 atom stereocenters. The summed E-state index contributed by atoms with van der Waals surface area (Å²) in [6.45, 7) is 8.68. The predicted octanol–water partition coefficient (Wildman–Crippen LogP) is 2.33. The third-order valence-electron chi connectivity index (χ3n) is 4.78. The van der Waals surface area contributed by atoms with Gasteiger partial charge in [0, 0.05) is 32.7 Å². The average Bonchev–Trinajstić information content (AvgIpc) is 2.63. The number of nitriles is 1. The summed E-state index contributed by atoms with van der Waals surface area (Å²) in [6, 6.07) is 12.9. The smallest absolute Gasteiger partial charge is 0.169 e. The predicted molar refractivity (Wildman–Crippen MR) is 95.0 cm³/mol. The van der Waals surface area contributed by atoms with Gasteiger partial charge < -0.3 is 4.90 Å². The molecule has 1 aromatic carbocycles. The summed E-state index contributed by atoms with van der Waals surface area (Å²) in [7, 11) is 0. The fourth-order valence-electron chi connectivity index (χ4n) is 3.07. The van der Waals surface area contributed by atoms with Crippen molar-refractivity contribution in [2.45, 2.75) is 20.3 Å². The Morgan fingerprint density at radius 1 is 1.04 bits per heavy atom. The van der Waals surface area contributed by atoms with Gasteiger partial charge in [-0.2, -0.15) is 10.4 Å². The first-order chi connectivity index (χ1) is 11.7. The number of nitrogens with zero attached hydrogens (tertiary/aromatic N) is 5. The van der Waals surface area contributed by atoms with Crippen LogP contribution in [-0.4, -0.2) is 47.8 Å². The molecule has 5 nitrogen and oxygen atoms in total. The van der Waals surface area contributed by atoms with Gasteiger partial charge >= 0.3 is 0 Å². The van der Waals surface area contributed by atoms with E-state index in [0.717, 1.165) is 56.2 Å². The van der Waals surface area contributed by atoms with Gasteiger partial charge in [0.25, 0.3) is 0 Å². The van der Waals surface area contributed by atoms with Crippen LogP contribution in [0, 0.1) is 25.2 Å². The van der Waals surface area contributed by atoms with Gasteiger partial charge in [-0.25, -0.2) is 0 Å². The zero-order valence-electron chi connectivity index (χ0n) is 14.4. The van der Waals surface area contributed by atoms with E-state index in [2.05, 4.69) is 56.4 Å². The van der Waals surface area contributed by atoms with E-state index in [4.69, 9.17) is 0 Å². The largest absolute Gasteiger partial charge is 0.351 e. The van der Waals surface area contributed by atoms with E-state index in [1.807, 2.05) is 13.8 Å². The van der Waals surface area contributed by atoms with E-state index in [-0.39, 0.29) is 0 Å². The van der Waals surface area contributed by atoms with Gasteiger partial charge in [-0.05, 0) is 31.4 Å². The summed E-state index contributed by atoms with van der Waals surface area (Å²) in [5.74, 6) is 0.739. The second-order valence-electron chi connectivity index (χ2n) is 6.29. The maximum absolute atomic E-state index is 9.46. The molecule has 0 aliphatic carbocycles. The van der Waals surface area contributed by atoms with Crippen LogP contribution in [0.1, 0.15) is 22.4 Å². The molecule has 124 valence electrons. The molecule has 5 heteroatoms. The van der Waals surface area contributed by atoms with Gasteiger partial charge in [0.15, 0.2) is 5.82 Å². The molecule has 0 bridgehead atoms. The lowest BCUT2D eigenvalue weighted by molar-refractivity contribution is 0.260. The first-order valence-electron chi connectivity index (χ1n) is 8.44. The van der Waals surface area contributed by atoms with Crippen LogP contribution in [0.4, 0.5) is 5.82 Å². The van der Waals surface area contributed by atoms with Crippen molar-refractivity contribution < 1.29 is 0 Å². The van der Waals surface area contributed by atoms with Crippen LogP contribution in [-0.2, 0) is 6.42 Å². The van der Waals surface area contributed by atoms with Gasteiger partial charge in [-0.15, -0.1) is 5.10 Å². The standard InChI is InChI=1S/C19H23N5/c1-15-16(2)21-22-19(18(15)14-20)24-12-10-23(11-13-24)9-8-17-6-4-3-5-7-17/h3-7H,8-13H2,1-2H3. The number of hydrogen-bond donors (Lipinski definition) is 0. The van der Waals surface area contributed by atoms with E-state index >= 15 is 0 Å². The van der Waals surface area contributed by atoms with Crippen LogP contribution < -0.4 is 4.90 Å². The third kappa shape index (κ3) is 3.55. The molecule has 2 aromatic rings. The molecular formula is C19H23N5. The van der Waals surface area contributed by atoms with Crippen LogP contribution in [0.3, 0.4) is 0 Å². The van der Waals surface area contributed by atoms with Gasteiger partial charge in [0.2, 0.25) is 0 Å². The fourth-order valence-corrected chi connectivity index (χ4v) is 3.07. The Balaban J connectivity index is 1.60. The number of aryl methyl sites for hydroxylation is 1. The first-order valence-corrected chi connectivity index (χ1v) is 8.44. The average molecular weight is 321 g/mol. The Labute approximate surface area is 143 Å². The molecule has 3 rings (SSSR count).